The second-order valence-corrected chi connectivity index (χ2v) is 10.1. The second-order valence-electron chi connectivity index (χ2n) is 9.75. The summed E-state index contributed by atoms with van der Waals surface area (Å²) in [6, 6.07) is 9.59. The Bertz CT molecular complexity index is 1370. The summed E-state index contributed by atoms with van der Waals surface area (Å²) in [5.74, 6) is -1.09. The Morgan fingerprint density at radius 2 is 2.06 bits per heavy atom. The Labute approximate surface area is 208 Å². The maximum atomic E-state index is 14.0. The summed E-state index contributed by atoms with van der Waals surface area (Å²) in [7, 11) is 1.66. The van der Waals surface area contributed by atoms with Crippen LogP contribution in [0.3, 0.4) is 0 Å². The molecule has 1 saturated carbocycles. The van der Waals surface area contributed by atoms with Gasteiger partial charge >= 0.3 is 0 Å². The molecule has 2 unspecified atom stereocenters. The van der Waals surface area contributed by atoms with Gasteiger partial charge < -0.3 is 19.7 Å². The van der Waals surface area contributed by atoms with Crippen LogP contribution in [0.2, 0.25) is 5.15 Å². The minimum atomic E-state index is -1.22. The van der Waals surface area contributed by atoms with Crippen LogP contribution in [0, 0.1) is 11.7 Å². The highest BCUT2D eigenvalue weighted by molar-refractivity contribution is 6.33. The normalized spacial score (nSPS) is 20.7. The Balaban J connectivity index is 1.37. The van der Waals surface area contributed by atoms with Gasteiger partial charge in [0.05, 0.1) is 17.0 Å². The minimum absolute atomic E-state index is 0.0988. The quantitative estimate of drug-likeness (QED) is 0.258. The van der Waals surface area contributed by atoms with Crippen LogP contribution in [0.4, 0.5) is 10.2 Å². The van der Waals surface area contributed by atoms with Gasteiger partial charge in [-0.1, -0.05) is 23.7 Å². The molecule has 0 spiro atoms. The largest absolute Gasteiger partial charge is 0.371 e. The van der Waals surface area contributed by atoms with Crippen LogP contribution in [0.1, 0.15) is 44.7 Å². The van der Waals surface area contributed by atoms with Crippen LogP contribution >= 0.6 is 11.6 Å². The number of rotatable bonds is 7. The third-order valence-corrected chi connectivity index (χ3v) is 7.08. The third kappa shape index (κ3) is 4.96. The fraction of sp³-hybridized carbons (Fsp3) is 0.423. The summed E-state index contributed by atoms with van der Waals surface area (Å²) < 4.78 is 22.3. The molecule has 0 aliphatic heterocycles. The van der Waals surface area contributed by atoms with Gasteiger partial charge in [0.1, 0.15) is 17.1 Å². The minimum Gasteiger partial charge on any atom is -0.371 e. The average molecular weight is 498 g/mol. The van der Waals surface area contributed by atoms with Gasteiger partial charge in [-0.2, -0.15) is 0 Å². The topological polar surface area (TPSA) is 85.1 Å². The number of anilines is 1. The van der Waals surface area contributed by atoms with Crippen LogP contribution in [0.15, 0.2) is 42.9 Å². The molecule has 5 rings (SSSR count). The van der Waals surface area contributed by atoms with Crippen molar-refractivity contribution < 1.29 is 14.2 Å². The highest BCUT2D eigenvalue weighted by Crippen LogP contribution is 2.42. The van der Waals surface area contributed by atoms with Crippen LogP contribution in [-0.2, 0) is 11.2 Å². The van der Waals surface area contributed by atoms with Gasteiger partial charge in [-0.3, -0.25) is 0 Å². The zero-order chi connectivity index (χ0) is 24.7. The monoisotopic (exact) mass is 497 g/mol. The van der Waals surface area contributed by atoms with Gasteiger partial charge in [0, 0.05) is 24.7 Å². The molecule has 4 aromatic rings. The fourth-order valence-electron chi connectivity index (χ4n) is 5.21. The lowest BCUT2D eigenvalue weighted by Crippen LogP contribution is -2.32. The number of fused-ring (bicyclic) bond motifs is 2. The number of aliphatic hydroxyl groups is 1. The second kappa shape index (κ2) is 9.33. The molecule has 35 heavy (non-hydrogen) atoms. The highest BCUT2D eigenvalue weighted by atomic mass is 35.5. The van der Waals surface area contributed by atoms with E-state index in [0.29, 0.717) is 5.15 Å². The van der Waals surface area contributed by atoms with Crippen molar-refractivity contribution in [1.82, 2.24) is 19.5 Å². The van der Waals surface area contributed by atoms with Crippen LogP contribution < -0.4 is 5.32 Å². The van der Waals surface area contributed by atoms with Crippen molar-refractivity contribution >= 4 is 39.4 Å². The Kier molecular flexibility index (Phi) is 6.38. The molecular formula is C26H29ClFN5O2. The molecule has 7 nitrogen and oxygen atoms in total. The zero-order valence-electron chi connectivity index (χ0n) is 20.0. The number of benzene rings is 1. The van der Waals surface area contributed by atoms with Crippen molar-refractivity contribution in [2.75, 3.05) is 12.4 Å². The Morgan fingerprint density at radius 1 is 1.23 bits per heavy atom. The average Bonchev–Trinajstić information content (AvgIpc) is 3.41. The van der Waals surface area contributed by atoms with Gasteiger partial charge in [-0.25, -0.2) is 19.3 Å². The molecule has 9 heteroatoms. The summed E-state index contributed by atoms with van der Waals surface area (Å²) in [4.78, 5) is 12.9. The summed E-state index contributed by atoms with van der Waals surface area (Å²) >= 11 is 6.26. The molecule has 0 saturated heterocycles. The number of hydrogen-bond acceptors (Lipinski definition) is 6. The maximum Gasteiger partial charge on any atom is 0.166 e. The standard InChI is InChI=1S/C26H29ClFN5O2/c1-26(2,34)35-22-13-18(33-9-8-19-23(27)30-14-31-25(19)33)11-17(22)7-5-15-4-6-16-12-20(28)24(29-3)32-21(16)10-15/h4,6,8-10,12,14,17-18,22,34H,5,7,11,13H2,1-3H3,(H,29,32)/t17?,18?,22-/m0/s1. The number of aromatic nitrogens is 4. The highest BCUT2D eigenvalue weighted by Gasteiger charge is 2.38. The van der Waals surface area contributed by atoms with Crippen LogP contribution in [0.5, 0.6) is 0 Å². The first kappa shape index (κ1) is 23.9. The first-order chi connectivity index (χ1) is 16.7. The van der Waals surface area contributed by atoms with Crippen molar-refractivity contribution in [3.8, 4) is 0 Å². The lowest BCUT2D eigenvalue weighted by Gasteiger charge is -2.27. The summed E-state index contributed by atoms with van der Waals surface area (Å²) in [5, 5.41) is 15.2. The zero-order valence-corrected chi connectivity index (χ0v) is 20.8. The maximum absolute atomic E-state index is 14.0. The molecule has 1 aromatic carbocycles. The van der Waals surface area contributed by atoms with E-state index in [4.69, 9.17) is 16.3 Å². The summed E-state index contributed by atoms with van der Waals surface area (Å²) in [6.45, 7) is 3.34. The molecule has 184 valence electrons. The van der Waals surface area contributed by atoms with E-state index in [1.807, 2.05) is 30.5 Å². The molecule has 1 aliphatic rings. The van der Waals surface area contributed by atoms with Gasteiger partial charge in [-0.05, 0) is 69.2 Å². The molecule has 0 amide bonds. The molecule has 1 fully saturated rings. The number of ether oxygens (including phenoxy) is 1. The molecular weight excluding hydrogens is 469 g/mol. The first-order valence-corrected chi connectivity index (χ1v) is 12.2. The van der Waals surface area contributed by atoms with E-state index >= 15 is 0 Å². The SMILES string of the molecule is CNc1nc2cc(CCC3CC(n4ccc5c(Cl)ncnc54)C[C@@H]3OC(C)(C)O)ccc2cc1F. The number of nitrogens with one attached hydrogen (secondary N) is 1. The van der Waals surface area contributed by atoms with E-state index in [1.165, 1.54) is 12.4 Å². The van der Waals surface area contributed by atoms with E-state index in [1.54, 1.807) is 20.9 Å². The van der Waals surface area contributed by atoms with Gasteiger partial charge in [0.25, 0.3) is 0 Å². The number of aryl methyl sites for hydroxylation is 1. The van der Waals surface area contributed by atoms with Crippen molar-refractivity contribution in [2.24, 2.45) is 5.92 Å². The van der Waals surface area contributed by atoms with Crippen LogP contribution in [0.25, 0.3) is 21.9 Å². The predicted molar refractivity (Wildman–Crippen MR) is 135 cm³/mol. The third-order valence-electron chi connectivity index (χ3n) is 6.77. The lowest BCUT2D eigenvalue weighted by molar-refractivity contribution is -0.212. The Morgan fingerprint density at radius 3 is 2.83 bits per heavy atom. The number of hydrogen-bond donors (Lipinski definition) is 2. The van der Waals surface area contributed by atoms with E-state index in [9.17, 15) is 9.50 Å². The van der Waals surface area contributed by atoms with Crippen molar-refractivity contribution in [3.05, 3.63) is 59.4 Å². The molecule has 3 aromatic heterocycles. The van der Waals surface area contributed by atoms with Gasteiger partial charge in [-0.15, -0.1) is 0 Å². The van der Waals surface area contributed by atoms with Gasteiger partial charge in [0.2, 0.25) is 0 Å². The van der Waals surface area contributed by atoms with E-state index in [2.05, 4.69) is 24.8 Å². The number of halogens is 2. The Hall–Kier alpha value is -2.81. The summed E-state index contributed by atoms with van der Waals surface area (Å²) in [6.07, 6.45) is 6.77. The van der Waals surface area contributed by atoms with E-state index < -0.39 is 5.79 Å². The predicted octanol–water partition coefficient (Wildman–Crippen LogP) is 5.51. The molecule has 3 atom stereocenters. The van der Waals surface area contributed by atoms with E-state index in [0.717, 1.165) is 53.2 Å². The first-order valence-electron chi connectivity index (χ1n) is 11.9. The molecule has 2 N–H and O–H groups in total. The summed E-state index contributed by atoms with van der Waals surface area (Å²) in [5.41, 5.74) is 2.71. The molecule has 1 aliphatic carbocycles. The lowest BCUT2D eigenvalue weighted by atomic mass is 9.95. The molecule has 3 heterocycles. The smallest absolute Gasteiger partial charge is 0.166 e. The van der Waals surface area contributed by atoms with Crippen LogP contribution in [-0.4, -0.2) is 43.6 Å². The molecule has 0 bridgehead atoms. The number of pyridine rings is 1. The fourth-order valence-corrected chi connectivity index (χ4v) is 5.40. The molecule has 0 radical (unpaired) electrons. The van der Waals surface area contributed by atoms with Crippen molar-refractivity contribution in [3.63, 3.8) is 0 Å². The van der Waals surface area contributed by atoms with E-state index in [-0.39, 0.29) is 29.7 Å². The van der Waals surface area contributed by atoms with Crippen molar-refractivity contribution in [1.29, 1.82) is 0 Å². The number of nitrogens with zero attached hydrogens (tertiary/aromatic N) is 4. The van der Waals surface area contributed by atoms with Gasteiger partial charge in [0.15, 0.2) is 17.4 Å². The van der Waals surface area contributed by atoms with Crippen molar-refractivity contribution in [2.45, 2.75) is 57.5 Å².